The SMILES string of the molecule is COCOc1cc(OC(C)C)c(OC)cc1-c1ccn(S(=O)(=O)c2ccccc2)c1-c1cc(OC)c(OC)cc1CCO. The third kappa shape index (κ3) is 6.58. The van der Waals surface area contributed by atoms with Crippen LogP contribution < -0.4 is 23.7 Å². The Labute approximate surface area is 252 Å². The van der Waals surface area contributed by atoms with Crippen LogP contribution in [0.15, 0.2) is 71.8 Å². The Balaban J connectivity index is 2.12. The normalized spacial score (nSPS) is 11.4. The summed E-state index contributed by atoms with van der Waals surface area (Å²) in [7, 11) is 1.97. The van der Waals surface area contributed by atoms with Gasteiger partial charge in [0, 0.05) is 42.7 Å². The van der Waals surface area contributed by atoms with Gasteiger partial charge >= 0.3 is 0 Å². The van der Waals surface area contributed by atoms with Crippen LogP contribution in [0.3, 0.4) is 0 Å². The van der Waals surface area contributed by atoms with E-state index in [0.29, 0.717) is 56.7 Å². The minimum atomic E-state index is -4.08. The maximum absolute atomic E-state index is 14.1. The van der Waals surface area contributed by atoms with Gasteiger partial charge in [0.15, 0.2) is 29.8 Å². The van der Waals surface area contributed by atoms with E-state index in [1.54, 1.807) is 48.5 Å². The Morgan fingerprint density at radius 2 is 1.40 bits per heavy atom. The third-order valence-electron chi connectivity index (χ3n) is 6.65. The predicted octanol–water partition coefficient (Wildman–Crippen LogP) is 5.39. The van der Waals surface area contributed by atoms with Crippen molar-refractivity contribution in [1.29, 1.82) is 0 Å². The van der Waals surface area contributed by atoms with Crippen molar-refractivity contribution in [2.75, 3.05) is 41.8 Å². The van der Waals surface area contributed by atoms with Gasteiger partial charge in [-0.3, -0.25) is 0 Å². The molecule has 1 N–H and O–H groups in total. The lowest BCUT2D eigenvalue weighted by Crippen LogP contribution is -2.14. The number of methoxy groups -OCH3 is 4. The van der Waals surface area contributed by atoms with Crippen LogP contribution in [-0.4, -0.2) is 65.4 Å². The first-order valence-electron chi connectivity index (χ1n) is 13.6. The van der Waals surface area contributed by atoms with Crippen molar-refractivity contribution in [2.45, 2.75) is 31.3 Å². The number of benzene rings is 3. The molecule has 0 spiro atoms. The van der Waals surface area contributed by atoms with Crippen molar-refractivity contribution >= 4 is 10.0 Å². The summed E-state index contributed by atoms with van der Waals surface area (Å²) < 4.78 is 63.5. The molecule has 0 bridgehead atoms. The fourth-order valence-corrected chi connectivity index (χ4v) is 6.16. The van der Waals surface area contributed by atoms with E-state index in [-0.39, 0.29) is 30.8 Å². The van der Waals surface area contributed by atoms with Crippen molar-refractivity contribution < 1.29 is 41.9 Å². The molecule has 3 aromatic carbocycles. The number of hydrogen-bond acceptors (Lipinski definition) is 9. The van der Waals surface area contributed by atoms with Crippen LogP contribution in [0, 0.1) is 0 Å². The molecule has 0 saturated carbocycles. The number of nitrogens with zero attached hydrogens (tertiary/aromatic N) is 1. The zero-order valence-electron chi connectivity index (χ0n) is 25.1. The van der Waals surface area contributed by atoms with E-state index in [2.05, 4.69) is 0 Å². The molecule has 0 aliphatic carbocycles. The average molecular weight is 612 g/mol. The summed E-state index contributed by atoms with van der Waals surface area (Å²) in [6.07, 6.45) is 1.58. The summed E-state index contributed by atoms with van der Waals surface area (Å²) >= 11 is 0. The zero-order chi connectivity index (χ0) is 31.1. The van der Waals surface area contributed by atoms with Gasteiger partial charge in [0.05, 0.1) is 38.0 Å². The number of aliphatic hydroxyl groups excluding tert-OH is 1. The van der Waals surface area contributed by atoms with Crippen molar-refractivity contribution in [3.05, 3.63) is 72.4 Å². The van der Waals surface area contributed by atoms with Crippen LogP contribution in [0.25, 0.3) is 22.4 Å². The van der Waals surface area contributed by atoms with Gasteiger partial charge < -0.3 is 33.5 Å². The molecular weight excluding hydrogens is 574 g/mol. The van der Waals surface area contributed by atoms with Gasteiger partial charge in [-0.2, -0.15) is 0 Å². The van der Waals surface area contributed by atoms with Crippen LogP contribution in [0.5, 0.6) is 28.7 Å². The van der Waals surface area contributed by atoms with Gasteiger partial charge in [0.2, 0.25) is 0 Å². The second kappa shape index (κ2) is 13.9. The Morgan fingerprint density at radius 1 is 0.767 bits per heavy atom. The van der Waals surface area contributed by atoms with Gasteiger partial charge in [-0.15, -0.1) is 0 Å². The monoisotopic (exact) mass is 611 g/mol. The van der Waals surface area contributed by atoms with Gasteiger partial charge in [0.1, 0.15) is 5.75 Å². The first-order chi connectivity index (χ1) is 20.7. The number of ether oxygens (including phenoxy) is 6. The molecule has 10 nitrogen and oxygen atoms in total. The molecule has 4 rings (SSSR count). The highest BCUT2D eigenvalue weighted by Crippen LogP contribution is 2.47. The molecule has 43 heavy (non-hydrogen) atoms. The van der Waals surface area contributed by atoms with Crippen molar-refractivity contribution in [1.82, 2.24) is 3.97 Å². The zero-order valence-corrected chi connectivity index (χ0v) is 25.9. The molecular formula is C32H37NO9S. The van der Waals surface area contributed by atoms with Crippen molar-refractivity contribution in [2.24, 2.45) is 0 Å². The number of aliphatic hydroxyl groups is 1. The highest BCUT2D eigenvalue weighted by molar-refractivity contribution is 7.90. The predicted molar refractivity (Wildman–Crippen MR) is 163 cm³/mol. The van der Waals surface area contributed by atoms with E-state index < -0.39 is 10.0 Å². The third-order valence-corrected chi connectivity index (χ3v) is 8.34. The molecule has 230 valence electrons. The minimum Gasteiger partial charge on any atom is -0.493 e. The Kier molecular flexibility index (Phi) is 10.2. The average Bonchev–Trinajstić information content (AvgIpc) is 3.45. The van der Waals surface area contributed by atoms with Crippen LogP contribution in [-0.2, 0) is 21.2 Å². The summed E-state index contributed by atoms with van der Waals surface area (Å²) in [5, 5.41) is 9.98. The standard InChI is InChI=1S/C32H37NO9S/c1-21(2)42-31-19-27(41-20-37-3)26(18-30(31)40-6)24-12-14-33(43(35,36)23-10-8-7-9-11-23)32(24)25-17-29(39-5)28(38-4)16-22(25)13-15-34/h7-12,14,16-19,21,34H,13,15,20H2,1-6H3. The molecule has 4 aromatic rings. The van der Waals surface area contributed by atoms with E-state index >= 15 is 0 Å². The van der Waals surface area contributed by atoms with Gasteiger partial charge in [-0.1, -0.05) is 18.2 Å². The van der Waals surface area contributed by atoms with Crippen LogP contribution in [0.1, 0.15) is 19.4 Å². The summed E-state index contributed by atoms with van der Waals surface area (Å²) in [4.78, 5) is 0.108. The highest BCUT2D eigenvalue weighted by Gasteiger charge is 2.28. The van der Waals surface area contributed by atoms with Crippen molar-refractivity contribution in [3.63, 3.8) is 0 Å². The highest BCUT2D eigenvalue weighted by atomic mass is 32.2. The van der Waals surface area contributed by atoms with Crippen LogP contribution in [0.2, 0.25) is 0 Å². The van der Waals surface area contributed by atoms with Crippen LogP contribution >= 0.6 is 0 Å². The summed E-state index contributed by atoms with van der Waals surface area (Å²) in [5.41, 5.74) is 2.55. The quantitative estimate of drug-likeness (QED) is 0.188. The summed E-state index contributed by atoms with van der Waals surface area (Å²) in [6, 6.07) is 16.8. The van der Waals surface area contributed by atoms with Crippen molar-refractivity contribution in [3.8, 4) is 51.1 Å². The molecule has 0 aliphatic heterocycles. The molecule has 0 fully saturated rings. The molecule has 0 amide bonds. The lowest BCUT2D eigenvalue weighted by atomic mass is 9.95. The number of hydrogen-bond donors (Lipinski definition) is 1. The lowest BCUT2D eigenvalue weighted by Gasteiger charge is -2.21. The fraction of sp³-hybridized carbons (Fsp3) is 0.312. The molecule has 0 unspecified atom stereocenters. The van der Waals surface area contributed by atoms with Gasteiger partial charge in [0.25, 0.3) is 10.0 Å². The van der Waals surface area contributed by atoms with Crippen LogP contribution in [0.4, 0.5) is 0 Å². The first kappa shape index (κ1) is 31.7. The molecule has 0 radical (unpaired) electrons. The second-order valence-electron chi connectivity index (χ2n) is 9.75. The lowest BCUT2D eigenvalue weighted by molar-refractivity contribution is 0.0512. The molecule has 11 heteroatoms. The first-order valence-corrected chi connectivity index (χ1v) is 15.0. The van der Waals surface area contributed by atoms with E-state index in [9.17, 15) is 13.5 Å². The maximum atomic E-state index is 14.1. The van der Waals surface area contributed by atoms with E-state index in [0.717, 1.165) is 0 Å². The largest absolute Gasteiger partial charge is 0.493 e. The molecule has 0 aliphatic rings. The van der Waals surface area contributed by atoms with E-state index in [1.807, 2.05) is 13.8 Å². The fourth-order valence-electron chi connectivity index (χ4n) is 4.77. The molecule has 0 atom stereocenters. The Hall–Kier alpha value is -4.19. The van der Waals surface area contributed by atoms with Gasteiger partial charge in [-0.05, 0) is 62.2 Å². The second-order valence-corrected chi connectivity index (χ2v) is 11.6. The topological polar surface area (TPSA) is 115 Å². The van der Waals surface area contributed by atoms with E-state index in [1.165, 1.54) is 50.7 Å². The van der Waals surface area contributed by atoms with E-state index in [4.69, 9.17) is 28.4 Å². The Bertz CT molecular complexity index is 1650. The number of rotatable bonds is 14. The smallest absolute Gasteiger partial charge is 0.268 e. The minimum absolute atomic E-state index is 0.0646. The summed E-state index contributed by atoms with van der Waals surface area (Å²) in [6.45, 7) is 3.55. The van der Waals surface area contributed by atoms with Gasteiger partial charge in [-0.25, -0.2) is 12.4 Å². The number of aromatic nitrogens is 1. The maximum Gasteiger partial charge on any atom is 0.268 e. The Morgan fingerprint density at radius 3 is 2.00 bits per heavy atom. The molecule has 1 heterocycles. The molecule has 1 aromatic heterocycles. The summed E-state index contributed by atoms with van der Waals surface area (Å²) in [5.74, 6) is 2.11. The molecule has 0 saturated heterocycles.